The molecule has 0 aromatic carbocycles. The van der Waals surface area contributed by atoms with Gasteiger partial charge in [-0.2, -0.15) is 0 Å². The molecular weight excluding hydrogens is 246 g/mol. The van der Waals surface area contributed by atoms with Crippen LogP contribution in [0.25, 0.3) is 0 Å². The quantitative estimate of drug-likeness (QED) is 0.652. The molecule has 0 radical (unpaired) electrons. The first-order valence-electron chi connectivity index (χ1n) is 5.53. The van der Waals surface area contributed by atoms with E-state index in [1.54, 1.807) is 23.7 Å². The van der Waals surface area contributed by atoms with Gasteiger partial charge in [0.05, 0.1) is 6.04 Å². The second-order valence-electron chi connectivity index (χ2n) is 3.94. The smallest absolute Gasteiger partial charge is 0.158 e. The number of rotatable bonds is 4. The van der Waals surface area contributed by atoms with Gasteiger partial charge in [-0.15, -0.1) is 11.3 Å². The van der Waals surface area contributed by atoms with Crippen molar-refractivity contribution in [2.24, 2.45) is 5.73 Å². The van der Waals surface area contributed by atoms with Crippen molar-refractivity contribution in [3.8, 4) is 0 Å². The van der Waals surface area contributed by atoms with E-state index in [0.29, 0.717) is 11.5 Å². The van der Waals surface area contributed by atoms with Gasteiger partial charge in [-0.3, -0.25) is 5.41 Å². The van der Waals surface area contributed by atoms with Gasteiger partial charge in [-0.25, -0.2) is 9.97 Å². The third-order valence-electron chi connectivity index (χ3n) is 2.80. The number of anilines is 1. The zero-order valence-electron chi connectivity index (χ0n) is 10.3. The number of nitrogen functional groups attached to an aromatic ring is 1. The van der Waals surface area contributed by atoms with E-state index >= 15 is 0 Å². The molecule has 2 heterocycles. The van der Waals surface area contributed by atoms with E-state index in [1.807, 2.05) is 23.4 Å². The van der Waals surface area contributed by atoms with Crippen LogP contribution in [0.2, 0.25) is 0 Å². The minimum Gasteiger partial charge on any atom is -0.382 e. The predicted octanol–water partition coefficient (Wildman–Crippen LogP) is 2.02. The average Bonchev–Trinajstić information content (AvgIpc) is 2.90. The number of hydrogen-bond acceptors (Lipinski definition) is 5. The standard InChI is InChI=1S/C12H15N5S/c1-8(9-4-3-7-18-9)17(2)12-10(11(13)14)15-5-6-16-12/h3-8H,1-2H3,(H3,13,14). The number of nitrogens with one attached hydrogen (secondary N) is 1. The molecule has 1 atom stereocenters. The molecule has 18 heavy (non-hydrogen) atoms. The summed E-state index contributed by atoms with van der Waals surface area (Å²) in [6.07, 6.45) is 3.16. The highest BCUT2D eigenvalue weighted by atomic mass is 32.1. The van der Waals surface area contributed by atoms with E-state index in [0.717, 1.165) is 0 Å². The monoisotopic (exact) mass is 261 g/mol. The molecule has 2 aromatic rings. The van der Waals surface area contributed by atoms with Gasteiger partial charge in [0.2, 0.25) is 0 Å². The molecule has 6 heteroatoms. The van der Waals surface area contributed by atoms with Gasteiger partial charge in [-0.1, -0.05) is 6.07 Å². The molecule has 3 N–H and O–H groups in total. The number of aromatic nitrogens is 2. The van der Waals surface area contributed by atoms with Crippen LogP contribution in [0.4, 0.5) is 5.82 Å². The highest BCUT2D eigenvalue weighted by Crippen LogP contribution is 2.27. The van der Waals surface area contributed by atoms with Crippen molar-refractivity contribution in [2.45, 2.75) is 13.0 Å². The van der Waals surface area contributed by atoms with Gasteiger partial charge in [0.25, 0.3) is 0 Å². The first-order chi connectivity index (χ1) is 8.61. The molecule has 2 rings (SSSR count). The Balaban J connectivity index is 2.34. The second kappa shape index (κ2) is 5.14. The maximum atomic E-state index is 7.54. The fourth-order valence-corrected chi connectivity index (χ4v) is 2.51. The summed E-state index contributed by atoms with van der Waals surface area (Å²) in [6.45, 7) is 2.09. The molecule has 0 aliphatic carbocycles. The van der Waals surface area contributed by atoms with Crippen molar-refractivity contribution >= 4 is 23.0 Å². The third-order valence-corrected chi connectivity index (χ3v) is 3.85. The molecule has 94 valence electrons. The Bertz CT molecular complexity index is 537. The zero-order valence-corrected chi connectivity index (χ0v) is 11.1. The van der Waals surface area contributed by atoms with Crippen LogP contribution >= 0.6 is 11.3 Å². The van der Waals surface area contributed by atoms with Crippen molar-refractivity contribution in [3.63, 3.8) is 0 Å². The summed E-state index contributed by atoms with van der Waals surface area (Å²) in [7, 11) is 1.93. The molecule has 0 spiro atoms. The van der Waals surface area contributed by atoms with Gasteiger partial charge in [-0.05, 0) is 18.4 Å². The van der Waals surface area contributed by atoms with E-state index < -0.39 is 0 Å². The minimum absolute atomic E-state index is 0.0664. The fraction of sp³-hybridized carbons (Fsp3) is 0.250. The van der Waals surface area contributed by atoms with Crippen LogP contribution in [0.1, 0.15) is 23.5 Å². The normalized spacial score (nSPS) is 12.1. The maximum absolute atomic E-state index is 7.54. The van der Waals surface area contributed by atoms with Gasteiger partial charge in [0.15, 0.2) is 5.82 Å². The van der Waals surface area contributed by atoms with E-state index in [-0.39, 0.29) is 11.9 Å². The molecule has 1 unspecified atom stereocenters. The van der Waals surface area contributed by atoms with Gasteiger partial charge >= 0.3 is 0 Å². The highest BCUT2D eigenvalue weighted by Gasteiger charge is 2.19. The molecule has 0 amide bonds. The maximum Gasteiger partial charge on any atom is 0.158 e. The largest absolute Gasteiger partial charge is 0.382 e. The second-order valence-corrected chi connectivity index (χ2v) is 4.92. The van der Waals surface area contributed by atoms with Crippen molar-refractivity contribution in [3.05, 3.63) is 40.5 Å². The molecule has 2 aromatic heterocycles. The number of hydrogen-bond donors (Lipinski definition) is 2. The fourth-order valence-electron chi connectivity index (χ4n) is 1.68. The first-order valence-corrected chi connectivity index (χ1v) is 6.41. The number of nitrogens with two attached hydrogens (primary N) is 1. The van der Waals surface area contributed by atoms with Crippen molar-refractivity contribution in [2.75, 3.05) is 11.9 Å². The average molecular weight is 261 g/mol. The summed E-state index contributed by atoms with van der Waals surface area (Å²) in [5, 5.41) is 9.58. The van der Waals surface area contributed by atoms with Crippen molar-refractivity contribution in [1.29, 1.82) is 5.41 Å². The Morgan fingerprint density at radius 2 is 2.17 bits per heavy atom. The first kappa shape index (κ1) is 12.5. The van der Waals surface area contributed by atoms with Crippen LogP contribution in [-0.2, 0) is 0 Å². The summed E-state index contributed by atoms with van der Waals surface area (Å²) in [5.74, 6) is 0.564. The van der Waals surface area contributed by atoms with Crippen LogP contribution in [0.15, 0.2) is 29.9 Å². The lowest BCUT2D eigenvalue weighted by Crippen LogP contribution is -2.26. The summed E-state index contributed by atoms with van der Waals surface area (Å²) in [6, 6.07) is 4.27. The van der Waals surface area contributed by atoms with Gasteiger partial charge < -0.3 is 10.6 Å². The predicted molar refractivity (Wildman–Crippen MR) is 74.2 cm³/mol. The molecular formula is C12H15N5S. The zero-order chi connectivity index (χ0) is 13.1. The highest BCUT2D eigenvalue weighted by molar-refractivity contribution is 7.10. The Kier molecular flexibility index (Phi) is 3.57. The summed E-state index contributed by atoms with van der Waals surface area (Å²) in [4.78, 5) is 11.6. The Morgan fingerprint density at radius 1 is 1.44 bits per heavy atom. The Labute approximate surface area is 110 Å². The minimum atomic E-state index is -0.0664. The molecule has 5 nitrogen and oxygen atoms in total. The van der Waals surface area contributed by atoms with Gasteiger partial charge in [0.1, 0.15) is 11.5 Å². The van der Waals surface area contributed by atoms with E-state index in [1.165, 1.54) is 4.88 Å². The molecule has 0 saturated carbocycles. The lowest BCUT2D eigenvalue weighted by atomic mass is 10.2. The van der Waals surface area contributed by atoms with Crippen LogP contribution in [0, 0.1) is 5.41 Å². The van der Waals surface area contributed by atoms with E-state index in [2.05, 4.69) is 23.0 Å². The molecule has 0 bridgehead atoms. The lowest BCUT2D eigenvalue weighted by Gasteiger charge is -2.26. The summed E-state index contributed by atoms with van der Waals surface area (Å²) < 4.78 is 0. The SMILES string of the molecule is CC(c1cccs1)N(C)c1nccnc1C(=N)N. The van der Waals surface area contributed by atoms with Crippen LogP contribution in [0.5, 0.6) is 0 Å². The third kappa shape index (κ3) is 2.33. The van der Waals surface area contributed by atoms with E-state index in [4.69, 9.17) is 11.1 Å². The van der Waals surface area contributed by atoms with Gasteiger partial charge in [0, 0.05) is 24.3 Å². The Hall–Kier alpha value is -1.95. The number of nitrogens with zero attached hydrogens (tertiary/aromatic N) is 3. The van der Waals surface area contributed by atoms with Crippen LogP contribution in [-0.4, -0.2) is 22.9 Å². The van der Waals surface area contributed by atoms with Crippen LogP contribution < -0.4 is 10.6 Å². The topological polar surface area (TPSA) is 78.9 Å². The van der Waals surface area contributed by atoms with Crippen LogP contribution in [0.3, 0.4) is 0 Å². The molecule has 0 aliphatic rings. The lowest BCUT2D eigenvalue weighted by molar-refractivity contribution is 0.738. The summed E-state index contributed by atoms with van der Waals surface area (Å²) in [5.41, 5.74) is 5.95. The molecule has 0 fully saturated rings. The van der Waals surface area contributed by atoms with Crippen molar-refractivity contribution < 1.29 is 0 Å². The number of amidine groups is 1. The van der Waals surface area contributed by atoms with Crippen molar-refractivity contribution in [1.82, 2.24) is 9.97 Å². The molecule has 0 saturated heterocycles. The van der Waals surface area contributed by atoms with E-state index in [9.17, 15) is 0 Å². The Morgan fingerprint density at radius 3 is 2.78 bits per heavy atom. The number of thiophene rings is 1. The molecule has 0 aliphatic heterocycles. The summed E-state index contributed by atoms with van der Waals surface area (Å²) >= 11 is 1.69.